The molecule has 1 aromatic carbocycles. The summed E-state index contributed by atoms with van der Waals surface area (Å²) in [6.45, 7) is 10.1. The molecule has 0 spiro atoms. The normalized spacial score (nSPS) is 16.7. The molecule has 1 aliphatic rings. The molecule has 4 heteroatoms. The monoisotopic (exact) mass is 292 g/mol. The molecule has 20 heavy (non-hydrogen) atoms. The molecule has 2 rings (SSSR count). The van der Waals surface area contributed by atoms with Crippen molar-refractivity contribution >= 4 is 17.9 Å². The van der Waals surface area contributed by atoms with E-state index >= 15 is 0 Å². The van der Waals surface area contributed by atoms with E-state index in [0.29, 0.717) is 5.92 Å². The predicted molar refractivity (Wildman–Crippen MR) is 86.1 cm³/mol. The number of piperazine rings is 1. The Bertz CT molecular complexity index is 436. The van der Waals surface area contributed by atoms with Crippen LogP contribution in [0.2, 0.25) is 0 Å². The first-order valence-corrected chi connectivity index (χ1v) is 8.33. The van der Waals surface area contributed by atoms with E-state index in [1.54, 1.807) is 0 Å². The highest BCUT2D eigenvalue weighted by atomic mass is 32.2. The van der Waals surface area contributed by atoms with Crippen LogP contribution < -0.4 is 0 Å². The smallest absolute Gasteiger partial charge is 0.253 e. The molecule has 1 aliphatic heterocycles. The van der Waals surface area contributed by atoms with Gasteiger partial charge in [-0.25, -0.2) is 4.31 Å². The van der Waals surface area contributed by atoms with Crippen LogP contribution in [0.15, 0.2) is 24.3 Å². The molecule has 0 radical (unpaired) electrons. The summed E-state index contributed by atoms with van der Waals surface area (Å²) in [6, 6.07) is 8.07. The van der Waals surface area contributed by atoms with Crippen molar-refractivity contribution in [2.24, 2.45) is 0 Å². The van der Waals surface area contributed by atoms with Crippen molar-refractivity contribution in [2.45, 2.75) is 26.7 Å². The van der Waals surface area contributed by atoms with Gasteiger partial charge >= 0.3 is 0 Å². The molecular formula is C16H24N2OS. The van der Waals surface area contributed by atoms with E-state index in [4.69, 9.17) is 0 Å². The standard InChI is InChI=1S/C16H24N2OS/c1-4-20-18-11-9-17(10-12-18)16(19)15-7-5-14(6-8-15)13(2)3/h5-8,13H,4,9-12H2,1-3H3. The maximum Gasteiger partial charge on any atom is 0.253 e. The lowest BCUT2D eigenvalue weighted by molar-refractivity contribution is 0.0704. The molecule has 0 saturated carbocycles. The number of carbonyl (C=O) groups excluding carboxylic acids is 1. The molecule has 0 bridgehead atoms. The highest BCUT2D eigenvalue weighted by Crippen LogP contribution is 2.18. The third-order valence-electron chi connectivity index (χ3n) is 3.66. The van der Waals surface area contributed by atoms with Gasteiger partial charge in [0.2, 0.25) is 0 Å². The fourth-order valence-electron chi connectivity index (χ4n) is 2.40. The second-order valence-electron chi connectivity index (χ2n) is 5.42. The van der Waals surface area contributed by atoms with Crippen LogP contribution in [0.25, 0.3) is 0 Å². The van der Waals surface area contributed by atoms with Crippen molar-refractivity contribution < 1.29 is 4.79 Å². The number of hydrogen-bond acceptors (Lipinski definition) is 3. The molecule has 0 aliphatic carbocycles. The van der Waals surface area contributed by atoms with Crippen molar-refractivity contribution in [3.63, 3.8) is 0 Å². The van der Waals surface area contributed by atoms with Crippen LogP contribution in [0.3, 0.4) is 0 Å². The lowest BCUT2D eigenvalue weighted by atomic mass is 10.0. The minimum atomic E-state index is 0.168. The van der Waals surface area contributed by atoms with Gasteiger partial charge in [0, 0.05) is 37.5 Å². The lowest BCUT2D eigenvalue weighted by Gasteiger charge is -2.33. The van der Waals surface area contributed by atoms with Crippen LogP contribution in [0.5, 0.6) is 0 Å². The fourth-order valence-corrected chi connectivity index (χ4v) is 3.18. The van der Waals surface area contributed by atoms with Gasteiger partial charge in [0.25, 0.3) is 5.91 Å². The van der Waals surface area contributed by atoms with Gasteiger partial charge in [0.05, 0.1) is 0 Å². The maximum absolute atomic E-state index is 12.4. The van der Waals surface area contributed by atoms with Gasteiger partial charge in [-0.2, -0.15) is 0 Å². The van der Waals surface area contributed by atoms with Crippen LogP contribution in [-0.2, 0) is 0 Å². The first kappa shape index (κ1) is 15.4. The van der Waals surface area contributed by atoms with E-state index in [1.165, 1.54) is 5.56 Å². The number of amides is 1. The second-order valence-corrected chi connectivity index (χ2v) is 6.77. The zero-order chi connectivity index (χ0) is 14.5. The number of hydrogen-bond donors (Lipinski definition) is 0. The average molecular weight is 292 g/mol. The van der Waals surface area contributed by atoms with Gasteiger partial charge in [-0.15, -0.1) is 0 Å². The number of benzene rings is 1. The lowest BCUT2D eigenvalue weighted by Crippen LogP contribution is -2.46. The topological polar surface area (TPSA) is 23.6 Å². The molecule has 110 valence electrons. The quantitative estimate of drug-likeness (QED) is 0.796. The first-order chi connectivity index (χ1) is 9.61. The van der Waals surface area contributed by atoms with Crippen LogP contribution in [0.1, 0.15) is 42.6 Å². The molecule has 0 unspecified atom stereocenters. The summed E-state index contributed by atoms with van der Waals surface area (Å²) in [5.41, 5.74) is 2.09. The molecule has 0 N–H and O–H groups in total. The van der Waals surface area contributed by atoms with Gasteiger partial charge in [-0.05, 0) is 23.6 Å². The SMILES string of the molecule is CCSN1CCN(C(=O)c2ccc(C(C)C)cc2)CC1. The van der Waals surface area contributed by atoms with Crippen LogP contribution in [-0.4, -0.2) is 47.0 Å². The molecule has 1 heterocycles. The van der Waals surface area contributed by atoms with E-state index in [2.05, 4.69) is 37.2 Å². The fraction of sp³-hybridized carbons (Fsp3) is 0.562. The highest BCUT2D eigenvalue weighted by molar-refractivity contribution is 7.96. The van der Waals surface area contributed by atoms with Crippen LogP contribution in [0.4, 0.5) is 0 Å². The summed E-state index contributed by atoms with van der Waals surface area (Å²) in [6.07, 6.45) is 0. The molecule has 1 aromatic rings. The Morgan fingerprint density at radius 1 is 1.15 bits per heavy atom. The van der Waals surface area contributed by atoms with Gasteiger partial charge in [-0.1, -0.05) is 44.9 Å². The number of nitrogens with zero attached hydrogens (tertiary/aromatic N) is 2. The zero-order valence-electron chi connectivity index (χ0n) is 12.6. The molecule has 1 amide bonds. The molecule has 0 atom stereocenters. The minimum Gasteiger partial charge on any atom is -0.336 e. The Morgan fingerprint density at radius 3 is 2.25 bits per heavy atom. The van der Waals surface area contributed by atoms with E-state index < -0.39 is 0 Å². The summed E-state index contributed by atoms with van der Waals surface area (Å²) in [5, 5.41) is 0. The largest absolute Gasteiger partial charge is 0.336 e. The minimum absolute atomic E-state index is 0.168. The highest BCUT2D eigenvalue weighted by Gasteiger charge is 2.21. The Kier molecular flexibility index (Phi) is 5.49. The predicted octanol–water partition coefficient (Wildman–Crippen LogP) is 3.24. The summed E-state index contributed by atoms with van der Waals surface area (Å²) >= 11 is 1.86. The van der Waals surface area contributed by atoms with Gasteiger partial charge < -0.3 is 4.90 Å². The van der Waals surface area contributed by atoms with Crippen molar-refractivity contribution in [1.29, 1.82) is 0 Å². The van der Waals surface area contributed by atoms with Gasteiger partial charge in [0.15, 0.2) is 0 Å². The Hall–Kier alpha value is -1.00. The maximum atomic E-state index is 12.4. The van der Waals surface area contributed by atoms with E-state index in [-0.39, 0.29) is 5.91 Å². The summed E-state index contributed by atoms with van der Waals surface area (Å²) in [5.74, 6) is 1.78. The third-order valence-corrected chi connectivity index (χ3v) is 4.65. The van der Waals surface area contributed by atoms with Crippen molar-refractivity contribution in [2.75, 3.05) is 31.9 Å². The Labute approximate surface area is 126 Å². The second kappa shape index (κ2) is 7.14. The van der Waals surface area contributed by atoms with Gasteiger partial charge in [-0.3, -0.25) is 4.79 Å². The number of rotatable bonds is 4. The van der Waals surface area contributed by atoms with Crippen LogP contribution >= 0.6 is 11.9 Å². The molecule has 1 saturated heterocycles. The van der Waals surface area contributed by atoms with Crippen molar-refractivity contribution in [3.05, 3.63) is 35.4 Å². The average Bonchev–Trinajstić information content (AvgIpc) is 2.48. The van der Waals surface area contributed by atoms with Gasteiger partial charge in [0.1, 0.15) is 0 Å². The van der Waals surface area contributed by atoms with E-state index in [9.17, 15) is 4.79 Å². The zero-order valence-corrected chi connectivity index (χ0v) is 13.4. The van der Waals surface area contributed by atoms with Crippen molar-refractivity contribution in [3.8, 4) is 0 Å². The Balaban J connectivity index is 1.95. The van der Waals surface area contributed by atoms with E-state index in [1.807, 2.05) is 29.0 Å². The molecule has 1 fully saturated rings. The summed E-state index contributed by atoms with van der Waals surface area (Å²) in [7, 11) is 0. The van der Waals surface area contributed by atoms with E-state index in [0.717, 1.165) is 37.5 Å². The molecular weight excluding hydrogens is 268 g/mol. The summed E-state index contributed by atoms with van der Waals surface area (Å²) in [4.78, 5) is 14.4. The van der Waals surface area contributed by atoms with Crippen molar-refractivity contribution in [1.82, 2.24) is 9.21 Å². The summed E-state index contributed by atoms with van der Waals surface area (Å²) < 4.78 is 2.35. The molecule has 0 aromatic heterocycles. The number of carbonyl (C=O) groups is 1. The molecule has 3 nitrogen and oxygen atoms in total. The van der Waals surface area contributed by atoms with Crippen LogP contribution in [0, 0.1) is 0 Å². The first-order valence-electron chi connectivity index (χ1n) is 7.39. The Morgan fingerprint density at radius 2 is 1.75 bits per heavy atom. The third kappa shape index (κ3) is 3.76.